The van der Waals surface area contributed by atoms with Crippen LogP contribution in [0.5, 0.6) is 0 Å². The summed E-state index contributed by atoms with van der Waals surface area (Å²) in [6, 6.07) is 0. The maximum absolute atomic E-state index is 11.4. The van der Waals surface area contributed by atoms with E-state index in [1.165, 1.54) is 0 Å². The first kappa shape index (κ1) is 17.2. The van der Waals surface area contributed by atoms with Crippen LogP contribution in [0.2, 0.25) is 0 Å². The number of rotatable bonds is 6. The average molecular weight is 259 g/mol. The molecule has 0 aromatic rings. The summed E-state index contributed by atoms with van der Waals surface area (Å²) in [7, 11) is 4.11. The lowest BCUT2D eigenvalue weighted by Crippen LogP contribution is -2.48. The molecule has 0 rings (SSSR count). The van der Waals surface area contributed by atoms with E-state index in [9.17, 15) is 4.79 Å². The fraction of sp³-hybridized carbons (Fsp3) is 0.923. The quantitative estimate of drug-likeness (QED) is 0.709. The molecule has 5 heteroatoms. The summed E-state index contributed by atoms with van der Waals surface area (Å²) in [5.74, 6) is 0. The van der Waals surface area contributed by atoms with Crippen LogP contribution in [-0.2, 0) is 4.74 Å². The maximum Gasteiger partial charge on any atom is 0.407 e. The molecule has 1 amide bonds. The fourth-order valence-electron chi connectivity index (χ4n) is 1.12. The summed E-state index contributed by atoms with van der Waals surface area (Å²) in [6.07, 6.45) is -0.365. The van der Waals surface area contributed by atoms with Crippen molar-refractivity contribution in [3.8, 4) is 0 Å². The minimum Gasteiger partial charge on any atom is -0.444 e. The van der Waals surface area contributed by atoms with E-state index in [1.807, 2.05) is 20.8 Å². The minimum absolute atomic E-state index is 0.103. The third-order valence-electron chi connectivity index (χ3n) is 2.74. The molecule has 0 aromatic carbocycles. The first-order valence-corrected chi connectivity index (χ1v) is 6.39. The van der Waals surface area contributed by atoms with Gasteiger partial charge in [0.05, 0.1) is 0 Å². The van der Waals surface area contributed by atoms with Crippen molar-refractivity contribution >= 4 is 6.09 Å². The molecule has 0 saturated carbocycles. The summed E-state index contributed by atoms with van der Waals surface area (Å²) >= 11 is 0. The number of amides is 1. The number of hydrogen-bond donors (Lipinski definition) is 2. The van der Waals surface area contributed by atoms with Crippen molar-refractivity contribution in [1.29, 1.82) is 0 Å². The fourth-order valence-corrected chi connectivity index (χ4v) is 1.12. The second-order valence-electron chi connectivity index (χ2n) is 6.31. The third kappa shape index (κ3) is 8.31. The zero-order chi connectivity index (χ0) is 14.4. The van der Waals surface area contributed by atoms with E-state index in [-0.39, 0.29) is 11.6 Å². The van der Waals surface area contributed by atoms with Gasteiger partial charge in [-0.25, -0.2) is 4.79 Å². The molecule has 0 aliphatic rings. The normalized spacial score (nSPS) is 12.7. The van der Waals surface area contributed by atoms with Gasteiger partial charge in [0, 0.05) is 25.2 Å². The smallest absolute Gasteiger partial charge is 0.407 e. The second-order valence-corrected chi connectivity index (χ2v) is 6.31. The monoisotopic (exact) mass is 259 g/mol. The molecule has 0 aliphatic carbocycles. The Hall–Kier alpha value is -0.810. The van der Waals surface area contributed by atoms with Gasteiger partial charge in [-0.1, -0.05) is 0 Å². The molecule has 2 N–H and O–H groups in total. The highest BCUT2D eigenvalue weighted by Gasteiger charge is 2.19. The summed E-state index contributed by atoms with van der Waals surface area (Å²) in [5, 5.41) is 6.03. The molecule has 0 aromatic heterocycles. The van der Waals surface area contributed by atoms with Gasteiger partial charge in [-0.15, -0.1) is 0 Å². The van der Waals surface area contributed by atoms with Crippen LogP contribution in [-0.4, -0.2) is 55.9 Å². The second kappa shape index (κ2) is 6.95. The predicted octanol–water partition coefficient (Wildman–Crippen LogP) is 1.44. The molecule has 0 atom stereocenters. The van der Waals surface area contributed by atoms with Crippen molar-refractivity contribution in [1.82, 2.24) is 15.5 Å². The van der Waals surface area contributed by atoms with Crippen LogP contribution in [0.1, 0.15) is 34.6 Å². The molecule has 0 saturated heterocycles. The Kier molecular flexibility index (Phi) is 6.63. The highest BCUT2D eigenvalue weighted by molar-refractivity contribution is 5.67. The third-order valence-corrected chi connectivity index (χ3v) is 2.74. The zero-order valence-corrected chi connectivity index (χ0v) is 12.9. The molecule has 0 fully saturated rings. The largest absolute Gasteiger partial charge is 0.444 e. The molecule has 18 heavy (non-hydrogen) atoms. The topological polar surface area (TPSA) is 53.6 Å². The van der Waals surface area contributed by atoms with Crippen LogP contribution >= 0.6 is 0 Å². The minimum atomic E-state index is -0.440. The number of carbonyl (C=O) groups excluding carboxylic acids is 1. The number of carbonyl (C=O) groups is 1. The van der Waals surface area contributed by atoms with Crippen LogP contribution in [0, 0.1) is 0 Å². The number of nitrogens with one attached hydrogen (secondary N) is 2. The van der Waals surface area contributed by atoms with E-state index < -0.39 is 5.60 Å². The first-order valence-electron chi connectivity index (χ1n) is 6.39. The molecule has 0 spiro atoms. The number of hydrogen-bond acceptors (Lipinski definition) is 4. The van der Waals surface area contributed by atoms with Gasteiger partial charge in [-0.2, -0.15) is 0 Å². The van der Waals surface area contributed by atoms with E-state index in [0.29, 0.717) is 6.54 Å². The number of alkyl carbamates (subject to hydrolysis) is 1. The van der Waals surface area contributed by atoms with Crippen molar-refractivity contribution in [2.45, 2.75) is 45.8 Å². The Morgan fingerprint density at radius 1 is 1.11 bits per heavy atom. The van der Waals surface area contributed by atoms with E-state index >= 15 is 0 Å². The molecule has 5 nitrogen and oxygen atoms in total. The number of ether oxygens (including phenoxy) is 1. The molecule has 0 bridgehead atoms. The van der Waals surface area contributed by atoms with Gasteiger partial charge in [-0.3, -0.25) is 0 Å². The van der Waals surface area contributed by atoms with Gasteiger partial charge in [0.2, 0.25) is 0 Å². The highest BCUT2D eigenvalue weighted by Crippen LogP contribution is 2.07. The van der Waals surface area contributed by atoms with Crippen LogP contribution in [0.25, 0.3) is 0 Å². The standard InChI is InChI=1S/C13H29N3O2/c1-12(2,3)18-11(17)15-9-8-14-10-13(4,5)16(6)7/h14H,8-10H2,1-7H3,(H,15,17). The molecular weight excluding hydrogens is 230 g/mol. The van der Waals surface area contributed by atoms with Gasteiger partial charge in [-0.05, 0) is 48.7 Å². The van der Waals surface area contributed by atoms with Crippen molar-refractivity contribution in [3.63, 3.8) is 0 Å². The van der Waals surface area contributed by atoms with Gasteiger partial charge < -0.3 is 20.3 Å². The van der Waals surface area contributed by atoms with E-state index in [2.05, 4.69) is 43.5 Å². The summed E-state index contributed by atoms with van der Waals surface area (Å²) < 4.78 is 5.14. The lowest BCUT2D eigenvalue weighted by molar-refractivity contribution is 0.0528. The van der Waals surface area contributed by atoms with Crippen LogP contribution in [0.3, 0.4) is 0 Å². The molecule has 0 radical (unpaired) electrons. The molecule has 0 unspecified atom stereocenters. The first-order chi connectivity index (χ1) is 8.04. The van der Waals surface area contributed by atoms with Crippen molar-refractivity contribution in [3.05, 3.63) is 0 Å². The van der Waals surface area contributed by atoms with Gasteiger partial charge in [0.15, 0.2) is 0 Å². The Labute approximate surface area is 111 Å². The van der Waals surface area contributed by atoms with Crippen molar-refractivity contribution < 1.29 is 9.53 Å². The molecule has 0 aliphatic heterocycles. The predicted molar refractivity (Wildman–Crippen MR) is 74.9 cm³/mol. The average Bonchev–Trinajstić information content (AvgIpc) is 2.13. The highest BCUT2D eigenvalue weighted by atomic mass is 16.6. The van der Waals surface area contributed by atoms with Gasteiger partial charge in [0.25, 0.3) is 0 Å². The van der Waals surface area contributed by atoms with Crippen LogP contribution in [0.15, 0.2) is 0 Å². The van der Waals surface area contributed by atoms with E-state index in [1.54, 1.807) is 0 Å². The summed E-state index contributed by atoms with van der Waals surface area (Å²) in [4.78, 5) is 13.5. The van der Waals surface area contributed by atoms with Crippen molar-refractivity contribution in [2.24, 2.45) is 0 Å². The Bertz CT molecular complexity index is 257. The maximum atomic E-state index is 11.4. The number of nitrogens with zero attached hydrogens (tertiary/aromatic N) is 1. The molecular formula is C13H29N3O2. The number of likely N-dealkylation sites (N-methyl/N-ethyl adjacent to an activating group) is 1. The zero-order valence-electron chi connectivity index (χ0n) is 12.9. The summed E-state index contributed by atoms with van der Waals surface area (Å²) in [5.41, 5.74) is -0.337. The van der Waals surface area contributed by atoms with Crippen LogP contribution < -0.4 is 10.6 Å². The SMILES string of the molecule is CN(C)C(C)(C)CNCCNC(=O)OC(C)(C)C. The Morgan fingerprint density at radius 2 is 1.67 bits per heavy atom. The van der Waals surface area contributed by atoms with Crippen molar-refractivity contribution in [2.75, 3.05) is 33.7 Å². The molecule has 108 valence electrons. The van der Waals surface area contributed by atoms with E-state index in [4.69, 9.17) is 4.74 Å². The van der Waals surface area contributed by atoms with Crippen LogP contribution in [0.4, 0.5) is 4.79 Å². The lowest BCUT2D eigenvalue weighted by atomic mass is 10.0. The summed E-state index contributed by atoms with van der Waals surface area (Å²) in [6.45, 7) is 12.1. The van der Waals surface area contributed by atoms with Gasteiger partial charge in [0.1, 0.15) is 5.60 Å². The van der Waals surface area contributed by atoms with E-state index in [0.717, 1.165) is 13.1 Å². The Balaban J connectivity index is 3.67. The molecule has 0 heterocycles. The Morgan fingerprint density at radius 3 is 2.11 bits per heavy atom. The van der Waals surface area contributed by atoms with Gasteiger partial charge >= 0.3 is 6.09 Å². The lowest BCUT2D eigenvalue weighted by Gasteiger charge is -2.32.